The first kappa shape index (κ1) is 15.2. The minimum atomic E-state index is -3.31. The number of carboxylic acid groups (broad SMARTS) is 1. The molecule has 7 heteroatoms. The van der Waals surface area contributed by atoms with Gasteiger partial charge in [0.25, 0.3) is 5.91 Å². The number of carbonyl (C=O) groups is 2. The molecule has 6 nitrogen and oxygen atoms in total. The molecule has 1 N–H and O–H groups in total. The van der Waals surface area contributed by atoms with Crippen molar-refractivity contribution in [2.24, 2.45) is 0 Å². The molecular weight excluding hydrogens is 270 g/mol. The van der Waals surface area contributed by atoms with Crippen LogP contribution in [0.1, 0.15) is 17.3 Å². The van der Waals surface area contributed by atoms with Gasteiger partial charge in [0.15, 0.2) is 9.84 Å². The van der Waals surface area contributed by atoms with E-state index in [1.807, 2.05) is 0 Å². The lowest BCUT2D eigenvalue weighted by Crippen LogP contribution is -2.35. The molecule has 0 saturated carbocycles. The third-order valence-electron chi connectivity index (χ3n) is 2.52. The Hall–Kier alpha value is -1.89. The van der Waals surface area contributed by atoms with Crippen LogP contribution < -0.4 is 0 Å². The zero-order valence-electron chi connectivity index (χ0n) is 10.7. The minimum absolute atomic E-state index is 0.116. The highest BCUT2D eigenvalue weighted by atomic mass is 32.2. The van der Waals surface area contributed by atoms with Crippen molar-refractivity contribution in [2.45, 2.75) is 11.8 Å². The minimum Gasteiger partial charge on any atom is -0.480 e. The molecule has 1 aromatic carbocycles. The Balaban J connectivity index is 2.97. The van der Waals surface area contributed by atoms with Crippen molar-refractivity contribution in [1.82, 2.24) is 4.90 Å². The van der Waals surface area contributed by atoms with Crippen molar-refractivity contribution in [3.05, 3.63) is 29.8 Å². The zero-order chi connectivity index (χ0) is 14.6. The number of aliphatic carboxylic acids is 1. The molecule has 104 valence electrons. The van der Waals surface area contributed by atoms with Crippen LogP contribution in [0, 0.1) is 0 Å². The van der Waals surface area contributed by atoms with Gasteiger partial charge in [-0.3, -0.25) is 9.59 Å². The maximum atomic E-state index is 12.0. The largest absolute Gasteiger partial charge is 0.480 e. The fourth-order valence-electron chi connectivity index (χ4n) is 1.52. The van der Waals surface area contributed by atoms with Gasteiger partial charge in [0, 0.05) is 18.4 Å². The van der Waals surface area contributed by atoms with Crippen LogP contribution in [0.4, 0.5) is 0 Å². The fourth-order valence-corrected chi connectivity index (χ4v) is 2.15. The summed E-state index contributed by atoms with van der Waals surface area (Å²) < 4.78 is 22.6. The Morgan fingerprint density at radius 1 is 1.21 bits per heavy atom. The summed E-state index contributed by atoms with van der Waals surface area (Å²) in [6.07, 6.45) is 1.08. The number of carbonyl (C=O) groups excluding carboxylic acids is 1. The average Bonchev–Trinajstić information content (AvgIpc) is 2.34. The van der Waals surface area contributed by atoms with Gasteiger partial charge in [-0.05, 0) is 31.2 Å². The number of hydrogen-bond donors (Lipinski definition) is 1. The highest BCUT2D eigenvalue weighted by Gasteiger charge is 2.17. The highest BCUT2D eigenvalue weighted by molar-refractivity contribution is 7.90. The Labute approximate surface area is 111 Å². The Kier molecular flexibility index (Phi) is 4.66. The van der Waals surface area contributed by atoms with E-state index in [-0.39, 0.29) is 23.5 Å². The third kappa shape index (κ3) is 4.06. The van der Waals surface area contributed by atoms with Gasteiger partial charge in [-0.25, -0.2) is 8.42 Å². The van der Waals surface area contributed by atoms with Gasteiger partial charge in [-0.2, -0.15) is 0 Å². The lowest BCUT2D eigenvalue weighted by Gasteiger charge is -2.18. The molecule has 1 amide bonds. The summed E-state index contributed by atoms with van der Waals surface area (Å²) in [7, 11) is -3.31. The number of carboxylic acids is 1. The molecule has 1 aromatic rings. The Morgan fingerprint density at radius 2 is 1.74 bits per heavy atom. The summed E-state index contributed by atoms with van der Waals surface area (Å²) >= 11 is 0. The molecule has 0 heterocycles. The number of sulfone groups is 1. The van der Waals surface area contributed by atoms with Crippen LogP contribution in [-0.2, 0) is 14.6 Å². The number of rotatable bonds is 5. The van der Waals surface area contributed by atoms with Crippen LogP contribution in [0.5, 0.6) is 0 Å². The molecule has 0 atom stereocenters. The topological polar surface area (TPSA) is 91.8 Å². The maximum absolute atomic E-state index is 12.0. The zero-order valence-corrected chi connectivity index (χ0v) is 11.5. The van der Waals surface area contributed by atoms with Gasteiger partial charge in [-0.1, -0.05) is 0 Å². The molecular formula is C12H15NO5S. The van der Waals surface area contributed by atoms with E-state index in [2.05, 4.69) is 0 Å². The molecule has 0 aromatic heterocycles. The van der Waals surface area contributed by atoms with Crippen molar-refractivity contribution in [3.63, 3.8) is 0 Å². The van der Waals surface area contributed by atoms with Crippen molar-refractivity contribution < 1.29 is 23.1 Å². The van der Waals surface area contributed by atoms with Crippen LogP contribution in [0.2, 0.25) is 0 Å². The lowest BCUT2D eigenvalue weighted by molar-refractivity contribution is -0.137. The average molecular weight is 285 g/mol. The molecule has 0 bridgehead atoms. The summed E-state index contributed by atoms with van der Waals surface area (Å²) in [5, 5.41) is 8.69. The van der Waals surface area contributed by atoms with E-state index < -0.39 is 21.7 Å². The van der Waals surface area contributed by atoms with E-state index in [0.29, 0.717) is 0 Å². The lowest BCUT2D eigenvalue weighted by atomic mass is 10.2. The number of nitrogens with zero attached hydrogens (tertiary/aromatic N) is 1. The predicted octanol–water partition coefficient (Wildman–Crippen LogP) is 0.637. The molecule has 1 rings (SSSR count). The smallest absolute Gasteiger partial charge is 0.323 e. The van der Waals surface area contributed by atoms with Crippen molar-refractivity contribution >= 4 is 21.7 Å². The fraction of sp³-hybridized carbons (Fsp3) is 0.333. The molecule has 19 heavy (non-hydrogen) atoms. The molecule has 0 spiro atoms. The summed E-state index contributed by atoms with van der Waals surface area (Å²) in [6, 6.07) is 5.42. The number of likely N-dealkylation sites (N-methyl/N-ethyl adjacent to an activating group) is 1. The molecule has 0 radical (unpaired) electrons. The summed E-state index contributed by atoms with van der Waals surface area (Å²) in [5.74, 6) is -1.53. The molecule has 0 fully saturated rings. The molecule has 0 unspecified atom stereocenters. The van der Waals surface area contributed by atoms with Gasteiger partial charge in [0.2, 0.25) is 0 Å². The normalized spacial score (nSPS) is 11.1. The van der Waals surface area contributed by atoms with Gasteiger partial charge in [0.1, 0.15) is 6.54 Å². The van der Waals surface area contributed by atoms with E-state index in [1.165, 1.54) is 24.3 Å². The second-order valence-corrected chi connectivity index (χ2v) is 6.03. The monoisotopic (exact) mass is 285 g/mol. The quantitative estimate of drug-likeness (QED) is 0.857. The van der Waals surface area contributed by atoms with Crippen molar-refractivity contribution in [3.8, 4) is 0 Å². The van der Waals surface area contributed by atoms with Gasteiger partial charge < -0.3 is 10.0 Å². The van der Waals surface area contributed by atoms with E-state index in [0.717, 1.165) is 11.2 Å². The standard InChI is InChI=1S/C12H15NO5S/c1-3-13(8-11(14)15)12(16)9-4-6-10(7-5-9)19(2,17)18/h4-7H,3,8H2,1-2H3,(H,14,15). The SMILES string of the molecule is CCN(CC(=O)O)C(=O)c1ccc(S(C)(=O)=O)cc1. The third-order valence-corrected chi connectivity index (χ3v) is 3.65. The Morgan fingerprint density at radius 3 is 2.11 bits per heavy atom. The Bertz CT molecular complexity index is 577. The highest BCUT2D eigenvalue weighted by Crippen LogP contribution is 2.12. The molecule has 0 aliphatic carbocycles. The molecule has 0 aliphatic rings. The van der Waals surface area contributed by atoms with Gasteiger partial charge in [-0.15, -0.1) is 0 Å². The van der Waals surface area contributed by atoms with Crippen LogP contribution in [0.15, 0.2) is 29.2 Å². The molecule has 0 saturated heterocycles. The van der Waals surface area contributed by atoms with Crippen molar-refractivity contribution in [1.29, 1.82) is 0 Å². The first-order valence-electron chi connectivity index (χ1n) is 5.57. The number of amides is 1. The second-order valence-electron chi connectivity index (χ2n) is 4.01. The van der Waals surface area contributed by atoms with E-state index in [1.54, 1.807) is 6.92 Å². The van der Waals surface area contributed by atoms with Crippen molar-refractivity contribution in [2.75, 3.05) is 19.3 Å². The number of hydrogen-bond acceptors (Lipinski definition) is 4. The van der Waals surface area contributed by atoms with Gasteiger partial charge in [0.05, 0.1) is 4.90 Å². The van der Waals surface area contributed by atoms with Gasteiger partial charge >= 0.3 is 5.97 Å². The first-order chi connectivity index (χ1) is 8.75. The van der Waals surface area contributed by atoms with Crippen LogP contribution in [0.3, 0.4) is 0 Å². The van der Waals surface area contributed by atoms with Crippen LogP contribution in [-0.4, -0.2) is 49.6 Å². The molecule has 0 aliphatic heterocycles. The summed E-state index contributed by atoms with van der Waals surface area (Å²) in [4.78, 5) is 23.9. The number of benzene rings is 1. The maximum Gasteiger partial charge on any atom is 0.323 e. The van der Waals surface area contributed by atoms with Crippen LogP contribution >= 0.6 is 0 Å². The predicted molar refractivity (Wildman–Crippen MR) is 68.8 cm³/mol. The summed E-state index contributed by atoms with van der Waals surface area (Å²) in [6.45, 7) is 1.55. The van der Waals surface area contributed by atoms with E-state index in [9.17, 15) is 18.0 Å². The first-order valence-corrected chi connectivity index (χ1v) is 7.46. The van der Waals surface area contributed by atoms with E-state index >= 15 is 0 Å². The second kappa shape index (κ2) is 5.83. The summed E-state index contributed by atoms with van der Waals surface area (Å²) in [5.41, 5.74) is 0.260. The van der Waals surface area contributed by atoms with E-state index in [4.69, 9.17) is 5.11 Å². The van der Waals surface area contributed by atoms with Crippen LogP contribution in [0.25, 0.3) is 0 Å².